The van der Waals surface area contributed by atoms with Crippen LogP contribution in [0.15, 0.2) is 6.33 Å². The highest BCUT2D eigenvalue weighted by Gasteiger charge is 2.26. The molecule has 0 aromatic carbocycles. The zero-order valence-corrected chi connectivity index (χ0v) is 13.4. The fraction of sp³-hybridized carbons (Fsp3) is 0.867. The van der Waals surface area contributed by atoms with Gasteiger partial charge in [0.1, 0.15) is 12.2 Å². The van der Waals surface area contributed by atoms with Crippen molar-refractivity contribution in [2.45, 2.75) is 52.3 Å². The van der Waals surface area contributed by atoms with Crippen LogP contribution in [0.3, 0.4) is 0 Å². The summed E-state index contributed by atoms with van der Waals surface area (Å²) in [4.78, 5) is 4.43. The van der Waals surface area contributed by atoms with Gasteiger partial charge in [-0.25, -0.2) is 9.67 Å². The molecule has 0 radical (unpaired) electrons. The average Bonchev–Trinajstić information content (AvgIpc) is 2.90. The van der Waals surface area contributed by atoms with E-state index in [0.717, 1.165) is 31.8 Å². The first-order chi connectivity index (χ1) is 10.2. The van der Waals surface area contributed by atoms with Crippen LogP contribution in [0, 0.1) is 5.92 Å². The molecule has 1 fully saturated rings. The van der Waals surface area contributed by atoms with E-state index in [1.807, 2.05) is 4.68 Å². The second kappa shape index (κ2) is 8.46. The number of hydrogen-bond acceptors (Lipinski definition) is 5. The van der Waals surface area contributed by atoms with Crippen LogP contribution in [0.25, 0.3) is 0 Å². The maximum absolute atomic E-state index is 5.86. The van der Waals surface area contributed by atoms with Crippen LogP contribution in [-0.2, 0) is 22.4 Å². The third-order valence-electron chi connectivity index (χ3n) is 3.58. The Morgan fingerprint density at radius 3 is 2.95 bits per heavy atom. The molecule has 1 aliphatic rings. The highest BCUT2D eigenvalue weighted by Crippen LogP contribution is 2.12. The van der Waals surface area contributed by atoms with Gasteiger partial charge in [-0.15, -0.1) is 0 Å². The molecule has 1 aliphatic heterocycles. The SMILES string of the molecule is CCCNC(Cc1ncnn1CC(C)C)C1COCCO1. The molecule has 2 rings (SSSR count). The summed E-state index contributed by atoms with van der Waals surface area (Å²) in [7, 11) is 0. The van der Waals surface area contributed by atoms with Gasteiger partial charge < -0.3 is 14.8 Å². The molecule has 1 saturated heterocycles. The Morgan fingerprint density at radius 1 is 1.43 bits per heavy atom. The second-order valence-electron chi connectivity index (χ2n) is 6.00. The van der Waals surface area contributed by atoms with Crippen LogP contribution in [0.4, 0.5) is 0 Å². The molecule has 6 heteroatoms. The lowest BCUT2D eigenvalue weighted by molar-refractivity contribution is -0.101. The van der Waals surface area contributed by atoms with Gasteiger partial charge in [0.05, 0.1) is 25.9 Å². The summed E-state index contributed by atoms with van der Waals surface area (Å²) >= 11 is 0. The van der Waals surface area contributed by atoms with Gasteiger partial charge in [0.25, 0.3) is 0 Å². The molecule has 2 heterocycles. The molecule has 1 aromatic rings. The molecular weight excluding hydrogens is 268 g/mol. The van der Waals surface area contributed by atoms with E-state index in [1.165, 1.54) is 0 Å². The predicted molar refractivity (Wildman–Crippen MR) is 81.2 cm³/mol. The first-order valence-corrected chi connectivity index (χ1v) is 8.00. The molecule has 1 aromatic heterocycles. The number of nitrogens with zero attached hydrogens (tertiary/aromatic N) is 3. The fourth-order valence-corrected chi connectivity index (χ4v) is 2.54. The second-order valence-corrected chi connectivity index (χ2v) is 6.00. The quantitative estimate of drug-likeness (QED) is 0.782. The third kappa shape index (κ3) is 5.05. The monoisotopic (exact) mass is 296 g/mol. The summed E-state index contributed by atoms with van der Waals surface area (Å²) in [6.45, 7) is 10.4. The molecule has 0 saturated carbocycles. The van der Waals surface area contributed by atoms with Gasteiger partial charge in [-0.1, -0.05) is 20.8 Å². The van der Waals surface area contributed by atoms with Crippen LogP contribution in [0.1, 0.15) is 33.0 Å². The molecule has 21 heavy (non-hydrogen) atoms. The number of nitrogens with one attached hydrogen (secondary N) is 1. The zero-order valence-electron chi connectivity index (χ0n) is 13.4. The lowest BCUT2D eigenvalue weighted by Crippen LogP contribution is -2.48. The maximum atomic E-state index is 5.86. The summed E-state index contributed by atoms with van der Waals surface area (Å²) in [6.07, 6.45) is 3.66. The standard InChI is InChI=1S/C15H28N4O2/c1-4-5-16-13(14-10-20-6-7-21-14)8-15-17-11-18-19(15)9-12(2)3/h11-14,16H,4-10H2,1-3H3. The Labute approximate surface area is 127 Å². The maximum Gasteiger partial charge on any atom is 0.138 e. The molecule has 0 amide bonds. The Hall–Kier alpha value is -0.980. The van der Waals surface area contributed by atoms with Crippen molar-refractivity contribution < 1.29 is 9.47 Å². The smallest absolute Gasteiger partial charge is 0.138 e. The van der Waals surface area contributed by atoms with Crippen LogP contribution in [-0.4, -0.2) is 53.3 Å². The molecule has 6 nitrogen and oxygen atoms in total. The first kappa shape index (κ1) is 16.4. The summed E-state index contributed by atoms with van der Waals surface area (Å²) in [6, 6.07) is 0.223. The Bertz CT molecular complexity index is 402. The molecule has 2 unspecified atom stereocenters. The largest absolute Gasteiger partial charge is 0.376 e. The van der Waals surface area contributed by atoms with Crippen molar-refractivity contribution in [1.82, 2.24) is 20.1 Å². The van der Waals surface area contributed by atoms with E-state index in [2.05, 4.69) is 36.2 Å². The molecule has 2 atom stereocenters. The van der Waals surface area contributed by atoms with Crippen molar-refractivity contribution >= 4 is 0 Å². The van der Waals surface area contributed by atoms with E-state index in [4.69, 9.17) is 9.47 Å². The molecule has 0 spiro atoms. The zero-order chi connectivity index (χ0) is 15.1. The minimum absolute atomic E-state index is 0.0921. The summed E-state index contributed by atoms with van der Waals surface area (Å²) in [5.41, 5.74) is 0. The minimum atomic E-state index is 0.0921. The summed E-state index contributed by atoms with van der Waals surface area (Å²) < 4.78 is 13.4. The van der Waals surface area contributed by atoms with Gasteiger partial charge in [-0.3, -0.25) is 0 Å². The summed E-state index contributed by atoms with van der Waals surface area (Å²) in [5, 5.41) is 7.91. The highest BCUT2D eigenvalue weighted by molar-refractivity contribution is 4.93. The number of aromatic nitrogens is 3. The van der Waals surface area contributed by atoms with E-state index in [0.29, 0.717) is 25.7 Å². The summed E-state index contributed by atoms with van der Waals surface area (Å²) in [5.74, 6) is 1.58. The van der Waals surface area contributed by atoms with Crippen LogP contribution in [0.5, 0.6) is 0 Å². The number of ether oxygens (including phenoxy) is 2. The lowest BCUT2D eigenvalue weighted by Gasteiger charge is -2.31. The first-order valence-electron chi connectivity index (χ1n) is 8.00. The Balaban J connectivity index is 2.01. The van der Waals surface area contributed by atoms with Crippen molar-refractivity contribution in [2.24, 2.45) is 5.92 Å². The van der Waals surface area contributed by atoms with Crippen molar-refractivity contribution in [3.63, 3.8) is 0 Å². The van der Waals surface area contributed by atoms with Gasteiger partial charge in [-0.05, 0) is 18.9 Å². The van der Waals surface area contributed by atoms with Crippen molar-refractivity contribution in [2.75, 3.05) is 26.4 Å². The normalized spacial score (nSPS) is 20.9. The third-order valence-corrected chi connectivity index (χ3v) is 3.58. The lowest BCUT2D eigenvalue weighted by atomic mass is 10.1. The number of rotatable bonds is 8. The molecule has 0 aliphatic carbocycles. The number of hydrogen-bond donors (Lipinski definition) is 1. The van der Waals surface area contributed by atoms with Gasteiger partial charge in [0, 0.05) is 19.0 Å². The Kier molecular flexibility index (Phi) is 6.60. The predicted octanol–water partition coefficient (Wildman–Crippen LogP) is 1.26. The van der Waals surface area contributed by atoms with Crippen LogP contribution < -0.4 is 5.32 Å². The van der Waals surface area contributed by atoms with Gasteiger partial charge in [0.2, 0.25) is 0 Å². The molecular formula is C15H28N4O2. The van der Waals surface area contributed by atoms with E-state index in [-0.39, 0.29) is 12.1 Å². The van der Waals surface area contributed by atoms with E-state index >= 15 is 0 Å². The topological polar surface area (TPSA) is 61.2 Å². The highest BCUT2D eigenvalue weighted by atomic mass is 16.6. The van der Waals surface area contributed by atoms with Crippen molar-refractivity contribution in [3.05, 3.63) is 12.2 Å². The van der Waals surface area contributed by atoms with E-state index in [1.54, 1.807) is 6.33 Å². The fourth-order valence-electron chi connectivity index (χ4n) is 2.54. The van der Waals surface area contributed by atoms with Crippen molar-refractivity contribution in [1.29, 1.82) is 0 Å². The molecule has 1 N–H and O–H groups in total. The van der Waals surface area contributed by atoms with Gasteiger partial charge >= 0.3 is 0 Å². The average molecular weight is 296 g/mol. The van der Waals surface area contributed by atoms with Crippen LogP contribution in [0.2, 0.25) is 0 Å². The van der Waals surface area contributed by atoms with Gasteiger partial charge in [-0.2, -0.15) is 5.10 Å². The van der Waals surface area contributed by atoms with E-state index < -0.39 is 0 Å². The molecule has 120 valence electrons. The van der Waals surface area contributed by atoms with Gasteiger partial charge in [0.15, 0.2) is 0 Å². The molecule has 0 bridgehead atoms. The minimum Gasteiger partial charge on any atom is -0.376 e. The van der Waals surface area contributed by atoms with Crippen molar-refractivity contribution in [3.8, 4) is 0 Å². The Morgan fingerprint density at radius 2 is 2.29 bits per heavy atom. The van der Waals surface area contributed by atoms with E-state index in [9.17, 15) is 0 Å². The van der Waals surface area contributed by atoms with Crippen LogP contribution >= 0.6 is 0 Å².